The molecule has 0 spiro atoms. The summed E-state index contributed by atoms with van der Waals surface area (Å²) in [5.74, 6) is 0.339. The minimum absolute atomic E-state index is 0.0599. The Balaban J connectivity index is 1.13. The SMILES string of the molecule is COc1cc2c(cc1OC)[C@H](C(=O)NCCCN1CCN(Cc3ccccc3)CC1)[C@@H]1c3ccccc3CCN1C2=O. The molecule has 1 saturated heterocycles. The third-order valence-electron chi connectivity index (χ3n) is 8.98. The number of hydrogen-bond acceptors (Lipinski definition) is 6. The zero-order chi connectivity index (χ0) is 29.1. The molecule has 2 atom stereocenters. The van der Waals surface area contributed by atoms with Crippen molar-refractivity contribution in [2.75, 3.05) is 60.0 Å². The molecule has 0 bridgehead atoms. The van der Waals surface area contributed by atoms with E-state index in [9.17, 15) is 9.59 Å². The topological polar surface area (TPSA) is 74.4 Å². The largest absolute Gasteiger partial charge is 0.493 e. The van der Waals surface area contributed by atoms with Crippen molar-refractivity contribution >= 4 is 11.8 Å². The molecule has 0 saturated carbocycles. The van der Waals surface area contributed by atoms with Crippen molar-refractivity contribution in [3.63, 3.8) is 0 Å². The monoisotopic (exact) mass is 568 g/mol. The minimum Gasteiger partial charge on any atom is -0.493 e. The maximum atomic E-state index is 14.0. The maximum Gasteiger partial charge on any atom is 0.254 e. The zero-order valence-corrected chi connectivity index (χ0v) is 24.6. The Hall–Kier alpha value is -3.88. The van der Waals surface area contributed by atoms with Crippen LogP contribution in [0.2, 0.25) is 0 Å². The van der Waals surface area contributed by atoms with Crippen LogP contribution in [0.1, 0.15) is 51.0 Å². The molecule has 42 heavy (non-hydrogen) atoms. The molecule has 3 heterocycles. The molecular formula is C34H40N4O4. The number of ether oxygens (including phenoxy) is 2. The van der Waals surface area contributed by atoms with E-state index in [4.69, 9.17) is 9.47 Å². The highest BCUT2D eigenvalue weighted by Gasteiger charge is 2.46. The van der Waals surface area contributed by atoms with Crippen LogP contribution in [0.4, 0.5) is 0 Å². The van der Waals surface area contributed by atoms with Crippen LogP contribution >= 0.6 is 0 Å². The van der Waals surface area contributed by atoms with E-state index in [-0.39, 0.29) is 17.9 Å². The van der Waals surface area contributed by atoms with Gasteiger partial charge in [0.2, 0.25) is 5.91 Å². The van der Waals surface area contributed by atoms with E-state index in [1.807, 2.05) is 23.1 Å². The van der Waals surface area contributed by atoms with E-state index < -0.39 is 5.92 Å². The molecule has 3 aliphatic heterocycles. The molecule has 2 amide bonds. The van der Waals surface area contributed by atoms with Crippen LogP contribution < -0.4 is 14.8 Å². The van der Waals surface area contributed by atoms with Crippen LogP contribution in [0.3, 0.4) is 0 Å². The van der Waals surface area contributed by atoms with Crippen molar-refractivity contribution in [3.8, 4) is 11.5 Å². The molecule has 0 aromatic heterocycles. The predicted octanol–water partition coefficient (Wildman–Crippen LogP) is 3.86. The number of nitrogens with zero attached hydrogens (tertiary/aromatic N) is 3. The number of methoxy groups -OCH3 is 2. The predicted molar refractivity (Wildman–Crippen MR) is 162 cm³/mol. The molecule has 220 valence electrons. The summed E-state index contributed by atoms with van der Waals surface area (Å²) < 4.78 is 11.1. The van der Waals surface area contributed by atoms with Crippen LogP contribution in [0.25, 0.3) is 0 Å². The number of amides is 2. The number of hydrogen-bond donors (Lipinski definition) is 1. The molecule has 3 aliphatic rings. The maximum absolute atomic E-state index is 14.0. The van der Waals surface area contributed by atoms with Crippen molar-refractivity contribution in [1.82, 2.24) is 20.0 Å². The molecule has 8 heteroatoms. The lowest BCUT2D eigenvalue weighted by Gasteiger charge is -2.45. The summed E-state index contributed by atoms with van der Waals surface area (Å²) in [5, 5.41) is 3.23. The van der Waals surface area contributed by atoms with Crippen molar-refractivity contribution in [2.24, 2.45) is 0 Å². The van der Waals surface area contributed by atoms with Gasteiger partial charge in [-0.25, -0.2) is 0 Å². The first kappa shape index (κ1) is 28.2. The van der Waals surface area contributed by atoms with Gasteiger partial charge >= 0.3 is 0 Å². The van der Waals surface area contributed by atoms with Gasteiger partial charge in [-0.1, -0.05) is 54.6 Å². The molecule has 3 aromatic rings. The van der Waals surface area contributed by atoms with Crippen molar-refractivity contribution in [1.29, 1.82) is 0 Å². The first-order chi connectivity index (χ1) is 20.6. The molecule has 0 aliphatic carbocycles. The quantitative estimate of drug-likeness (QED) is 0.395. The fraction of sp³-hybridized carbons (Fsp3) is 0.412. The molecule has 0 unspecified atom stereocenters. The summed E-state index contributed by atoms with van der Waals surface area (Å²) >= 11 is 0. The average Bonchev–Trinajstić information content (AvgIpc) is 3.03. The summed E-state index contributed by atoms with van der Waals surface area (Å²) in [6, 6.07) is 22.0. The van der Waals surface area contributed by atoms with E-state index in [1.54, 1.807) is 20.3 Å². The lowest BCUT2D eigenvalue weighted by molar-refractivity contribution is -0.124. The molecule has 1 fully saturated rings. The van der Waals surface area contributed by atoms with Gasteiger partial charge in [-0.15, -0.1) is 0 Å². The fourth-order valence-corrected chi connectivity index (χ4v) is 6.77. The van der Waals surface area contributed by atoms with Crippen LogP contribution in [0.15, 0.2) is 66.7 Å². The van der Waals surface area contributed by atoms with E-state index in [1.165, 1.54) is 11.1 Å². The van der Waals surface area contributed by atoms with E-state index in [0.717, 1.165) is 57.7 Å². The Morgan fingerprint density at radius 3 is 2.31 bits per heavy atom. The highest BCUT2D eigenvalue weighted by molar-refractivity contribution is 6.02. The second kappa shape index (κ2) is 12.5. The molecule has 0 radical (unpaired) electrons. The van der Waals surface area contributed by atoms with Crippen molar-refractivity contribution < 1.29 is 19.1 Å². The normalized spacial score (nSPS) is 20.3. The minimum atomic E-state index is -0.541. The lowest BCUT2D eigenvalue weighted by atomic mass is 9.75. The summed E-state index contributed by atoms with van der Waals surface area (Å²) in [6.07, 6.45) is 1.65. The second-order valence-electron chi connectivity index (χ2n) is 11.4. The summed E-state index contributed by atoms with van der Waals surface area (Å²) in [5.41, 5.74) is 4.81. The van der Waals surface area contributed by atoms with Crippen molar-refractivity contribution in [3.05, 3.63) is 94.5 Å². The van der Waals surface area contributed by atoms with Gasteiger partial charge in [0, 0.05) is 51.4 Å². The standard InChI is InChI=1S/C34H40N4O4/c1-41-29-21-27-28(22-30(29)42-2)34(40)38-16-13-25-11-6-7-12-26(25)32(38)31(27)33(39)35-14-8-15-36-17-19-37(20-18-36)23-24-9-4-3-5-10-24/h3-7,9-12,21-22,31-32H,8,13-20,23H2,1-2H3,(H,35,39)/t31-,32-/m0/s1. The highest BCUT2D eigenvalue weighted by atomic mass is 16.5. The molecule has 1 N–H and O–H groups in total. The van der Waals surface area contributed by atoms with Crippen LogP contribution in [-0.2, 0) is 17.8 Å². The second-order valence-corrected chi connectivity index (χ2v) is 11.4. The Bertz CT molecular complexity index is 1420. The van der Waals surface area contributed by atoms with Gasteiger partial charge in [-0.05, 0) is 53.8 Å². The Morgan fingerprint density at radius 1 is 0.857 bits per heavy atom. The fourth-order valence-electron chi connectivity index (χ4n) is 6.77. The summed E-state index contributed by atoms with van der Waals surface area (Å²) in [4.78, 5) is 34.6. The number of carbonyl (C=O) groups excluding carboxylic acids is 2. The van der Waals surface area contributed by atoms with E-state index in [2.05, 4.69) is 57.6 Å². The highest BCUT2D eigenvalue weighted by Crippen LogP contribution is 2.48. The van der Waals surface area contributed by atoms with Gasteiger partial charge in [-0.2, -0.15) is 0 Å². The van der Waals surface area contributed by atoms with Gasteiger partial charge in [0.05, 0.1) is 26.2 Å². The molecule has 8 nitrogen and oxygen atoms in total. The van der Waals surface area contributed by atoms with Crippen LogP contribution in [0, 0.1) is 0 Å². The molecule has 3 aromatic carbocycles. The van der Waals surface area contributed by atoms with Crippen LogP contribution in [-0.4, -0.2) is 86.5 Å². The number of carbonyl (C=O) groups is 2. The smallest absolute Gasteiger partial charge is 0.254 e. The van der Waals surface area contributed by atoms with Gasteiger partial charge in [0.1, 0.15) is 0 Å². The van der Waals surface area contributed by atoms with Crippen molar-refractivity contribution in [2.45, 2.75) is 31.3 Å². The van der Waals surface area contributed by atoms with Gasteiger partial charge in [0.15, 0.2) is 11.5 Å². The first-order valence-electron chi connectivity index (χ1n) is 15.0. The van der Waals surface area contributed by atoms with Gasteiger partial charge < -0.3 is 24.6 Å². The average molecular weight is 569 g/mol. The Kier molecular flexibility index (Phi) is 8.44. The third-order valence-corrected chi connectivity index (χ3v) is 8.98. The third kappa shape index (κ3) is 5.61. The first-order valence-corrected chi connectivity index (χ1v) is 15.0. The number of fused-ring (bicyclic) bond motifs is 4. The summed E-state index contributed by atoms with van der Waals surface area (Å²) in [6.45, 7) is 7.28. The zero-order valence-electron chi connectivity index (χ0n) is 24.6. The molecule has 6 rings (SSSR count). The summed E-state index contributed by atoms with van der Waals surface area (Å²) in [7, 11) is 3.14. The molecular weight excluding hydrogens is 528 g/mol. The lowest BCUT2D eigenvalue weighted by Crippen LogP contribution is -2.50. The number of benzene rings is 3. The number of piperazine rings is 1. The van der Waals surface area contributed by atoms with Gasteiger partial charge in [-0.3, -0.25) is 14.5 Å². The Morgan fingerprint density at radius 2 is 1.55 bits per heavy atom. The Labute approximate surface area is 248 Å². The van der Waals surface area contributed by atoms with Crippen LogP contribution in [0.5, 0.6) is 11.5 Å². The van der Waals surface area contributed by atoms with E-state index in [0.29, 0.717) is 35.7 Å². The van der Waals surface area contributed by atoms with E-state index >= 15 is 0 Å². The van der Waals surface area contributed by atoms with Gasteiger partial charge in [0.25, 0.3) is 5.91 Å². The number of rotatable bonds is 9. The number of nitrogens with one attached hydrogen (secondary N) is 1.